The summed E-state index contributed by atoms with van der Waals surface area (Å²) >= 11 is 0. The highest BCUT2D eigenvalue weighted by Gasteiger charge is 2.44. The fourth-order valence-corrected chi connectivity index (χ4v) is 20.6. The van der Waals surface area contributed by atoms with Gasteiger partial charge in [0.25, 0.3) is 28.5 Å². The first-order chi connectivity index (χ1) is 56.9. The van der Waals surface area contributed by atoms with E-state index in [0.717, 1.165) is 9.47 Å². The number of aryl methyl sites for hydroxylation is 2. The van der Waals surface area contributed by atoms with E-state index in [1.165, 1.54) is 54.5 Å². The first-order valence-corrected chi connectivity index (χ1v) is 43.1. The second-order valence-electron chi connectivity index (χ2n) is 30.7. The lowest BCUT2D eigenvalue weighted by Gasteiger charge is -2.36. The van der Waals surface area contributed by atoms with Crippen LogP contribution in [0.5, 0.6) is 0 Å². The number of aliphatic hydroxyl groups excluding tert-OH is 3. The summed E-state index contributed by atoms with van der Waals surface area (Å²) in [5.41, 5.74) is -0.628. The monoisotopic (exact) mass is 1680 g/mol. The Bertz CT molecular complexity index is 4590. The number of carbonyl (C=O) groups excluding carboxylic acids is 4. The number of amides is 2. The summed E-state index contributed by atoms with van der Waals surface area (Å²) in [6.45, 7) is 42.6. The molecule has 38 heteroatoms. The number of carbonyl (C=O) groups is 4. The van der Waals surface area contributed by atoms with Gasteiger partial charge in [-0.2, -0.15) is 4.98 Å². The van der Waals surface area contributed by atoms with Gasteiger partial charge in [0, 0.05) is 107 Å². The molecule has 3 saturated heterocycles. The Kier molecular flexibility index (Phi) is 32.2. The van der Waals surface area contributed by atoms with Gasteiger partial charge in [0.1, 0.15) is 62.9 Å². The number of fused-ring (bicyclic) bond motifs is 4. The predicted octanol–water partition coefficient (Wildman–Crippen LogP) is 9.57. The molecule has 0 spiro atoms. The molecule has 3 N–H and O–H groups in total. The maximum atomic E-state index is 13.4. The van der Waals surface area contributed by atoms with E-state index in [1.807, 2.05) is 25.5 Å². The van der Waals surface area contributed by atoms with E-state index >= 15 is 0 Å². The van der Waals surface area contributed by atoms with E-state index in [9.17, 15) is 38.4 Å². The van der Waals surface area contributed by atoms with Crippen LogP contribution in [0.4, 0.5) is 5.95 Å². The molecule has 5 aliphatic heterocycles. The molecule has 644 valence electrons. The van der Waals surface area contributed by atoms with Crippen molar-refractivity contribution in [3.63, 3.8) is 0 Å². The third kappa shape index (κ3) is 22.2. The molecule has 0 radical (unpaired) electrons. The number of esters is 2. The minimum absolute atomic E-state index is 0.00966. The Balaban J connectivity index is 0.000000269. The van der Waals surface area contributed by atoms with Crippen molar-refractivity contribution >= 4 is 76.9 Å². The van der Waals surface area contributed by atoms with Crippen molar-refractivity contribution in [1.82, 2.24) is 66.2 Å². The first kappa shape index (κ1) is 87.6. The van der Waals surface area contributed by atoms with E-state index in [1.54, 1.807) is 74.3 Å². The maximum Gasteiger partial charge on any atom is 0.335 e. The van der Waals surface area contributed by atoms with E-state index in [4.69, 9.17) is 55.4 Å². The summed E-state index contributed by atoms with van der Waals surface area (Å²) in [4.78, 5) is 122. The van der Waals surface area contributed by atoms with Crippen LogP contribution in [0.25, 0.3) is 22.3 Å². The lowest BCUT2D eigenvalue weighted by molar-refractivity contribution is -0.157. The average Bonchev–Trinajstić information content (AvgIpc) is 1.58. The summed E-state index contributed by atoms with van der Waals surface area (Å²) in [6.07, 6.45) is 1.31. The van der Waals surface area contributed by atoms with Gasteiger partial charge in [-0.05, 0) is 177 Å². The minimum Gasteiger partial charge on any atom is -0.443 e. The van der Waals surface area contributed by atoms with Gasteiger partial charge in [0.2, 0.25) is 16.5 Å². The van der Waals surface area contributed by atoms with E-state index in [0.29, 0.717) is 95.3 Å². The van der Waals surface area contributed by atoms with Gasteiger partial charge in [0.15, 0.2) is 29.1 Å². The lowest BCUT2D eigenvalue weighted by Crippen LogP contribution is -2.43. The maximum absolute atomic E-state index is 13.4. The van der Waals surface area contributed by atoms with Crippen LogP contribution >= 0.6 is 24.9 Å². The Hall–Kier alpha value is -6.75. The molecular formula is C77H126N15O20P3. The third-order valence-corrected chi connectivity index (χ3v) is 25.9. The fourth-order valence-electron chi connectivity index (χ4n) is 14.5. The molecule has 1 aromatic carbocycles. The minimum atomic E-state index is -0.934. The summed E-state index contributed by atoms with van der Waals surface area (Å²) in [5, 5.41) is 10.5. The zero-order chi connectivity index (χ0) is 90.8. The third-order valence-electron chi connectivity index (χ3n) is 19.5. The van der Waals surface area contributed by atoms with Crippen LogP contribution < -0.4 is 27.3 Å². The van der Waals surface area contributed by atoms with Crippen LogP contribution in [0.3, 0.4) is 0 Å². The summed E-state index contributed by atoms with van der Waals surface area (Å²) in [7, 11) is 2.96. The molecule has 5 aromatic heterocycles. The molecule has 2 amide bonds. The van der Waals surface area contributed by atoms with Gasteiger partial charge >= 0.3 is 17.6 Å². The van der Waals surface area contributed by atoms with Crippen LogP contribution in [-0.2, 0) is 65.0 Å². The number of nitrogens with zero attached hydrogens (tertiary/aromatic N) is 15. The molecule has 3 fully saturated rings. The molecule has 11 rings (SSSR count). The van der Waals surface area contributed by atoms with Crippen LogP contribution in [0.15, 0.2) is 62.3 Å². The normalized spacial score (nSPS) is 23.3. The molecule has 10 heterocycles. The molecule has 115 heavy (non-hydrogen) atoms. The highest BCUT2D eigenvalue weighted by atomic mass is 31.2. The number of aliphatic hydroxyl groups is 3. The van der Waals surface area contributed by atoms with Crippen LogP contribution in [-0.4, -0.2) is 244 Å². The van der Waals surface area contributed by atoms with Gasteiger partial charge in [-0.3, -0.25) is 65.8 Å². The number of rotatable bonds is 25. The SMILES string of the molecule is [2H]C[C@H]1O[C@@H](n2cc(C)c(=O)n(COC(=O)C(C)(C)C)c2=O)C[C@H]1OP(C)N(C(C)C)C(C)C.[2H]C[C@H]1O[C@@H](n2cnc3c(=O)n(COCN4C(=O)c5ccccc5C4=O)c(C)nc32)C[C@H]1OP(C)N(C(C)C)C(C)C.[2H]C[C@H]1O[C@@H](n2cnc3c(=O)n4c(nc32)N(C)C(C)C4OC(C)=O)C[C@H]1OP(C)N(C(C)C)C(C)C.[3H]OC.[3H]OC.[3H]OC. The molecule has 35 nitrogen and oxygen atoms in total. The van der Waals surface area contributed by atoms with Crippen molar-refractivity contribution in [1.29, 1.82) is 4.29 Å². The number of ether oxygens (including phenoxy) is 6. The van der Waals surface area contributed by atoms with Gasteiger partial charge in [-0.25, -0.2) is 33.8 Å². The van der Waals surface area contributed by atoms with Crippen LogP contribution in [0, 0.1) is 19.3 Å². The average molecular weight is 1680 g/mol. The number of imide groups is 1. The molecule has 0 bridgehead atoms. The Labute approximate surface area is 686 Å². The van der Waals surface area contributed by atoms with Gasteiger partial charge < -0.3 is 62.2 Å². The molecule has 5 unspecified atom stereocenters. The quantitative estimate of drug-likeness (QED) is 0.0272. The predicted molar refractivity (Wildman–Crippen MR) is 442 cm³/mol. The van der Waals surface area contributed by atoms with Crippen LogP contribution in [0.2, 0.25) is 0 Å². The zero-order valence-corrected chi connectivity index (χ0v) is 74.1. The van der Waals surface area contributed by atoms with Gasteiger partial charge in [-0.15, -0.1) is 0 Å². The molecule has 14 atom stereocenters. The van der Waals surface area contributed by atoms with Crippen molar-refractivity contribution in [2.24, 2.45) is 5.41 Å². The van der Waals surface area contributed by atoms with Crippen molar-refractivity contribution in [3.8, 4) is 0 Å². The largest absolute Gasteiger partial charge is 0.443 e. The number of aromatic nitrogens is 10. The smallest absolute Gasteiger partial charge is 0.335 e. The zero-order valence-electron chi connectivity index (χ0n) is 77.4. The number of imidazole rings is 2. The number of benzene rings is 1. The summed E-state index contributed by atoms with van der Waals surface area (Å²) in [6, 6.07) is 8.22. The van der Waals surface area contributed by atoms with E-state index in [2.05, 4.69) is 141 Å². The fraction of sp³-hybridized carbons (Fsp3) is 0.688. The molecule has 0 saturated carbocycles. The number of likely N-dealkylation sites (N-methyl/N-ethyl adjacent to an activating group) is 1. The van der Waals surface area contributed by atoms with Gasteiger partial charge in [0.05, 0.1) is 71.9 Å². The van der Waals surface area contributed by atoms with Crippen LogP contribution in [0.1, 0.15) is 219 Å². The highest BCUT2D eigenvalue weighted by Crippen LogP contribution is 2.49. The van der Waals surface area contributed by atoms with Crippen molar-refractivity contribution < 1.29 is 80.6 Å². The van der Waals surface area contributed by atoms with Crippen molar-refractivity contribution in [2.45, 2.75) is 289 Å². The van der Waals surface area contributed by atoms with E-state index < -0.39 is 121 Å². The molecule has 5 aliphatic rings. The Morgan fingerprint density at radius 2 is 1.02 bits per heavy atom. The second kappa shape index (κ2) is 42.3. The summed E-state index contributed by atoms with van der Waals surface area (Å²) in [5.74, 6) is -1.08. The topological polar surface area (TPSA) is 378 Å². The number of anilines is 1. The molecule has 0 aliphatic carbocycles. The number of hydrogen-bond acceptors (Lipinski definition) is 28. The van der Waals surface area contributed by atoms with Gasteiger partial charge in [-0.1, -0.05) is 12.1 Å². The lowest BCUT2D eigenvalue weighted by atomic mass is 9.98. The highest BCUT2D eigenvalue weighted by molar-refractivity contribution is 7.49. The van der Waals surface area contributed by atoms with E-state index in [-0.39, 0.29) is 75.1 Å². The molecular weight excluding hydrogens is 1550 g/mol. The second-order valence-corrected chi connectivity index (χ2v) is 35.5. The summed E-state index contributed by atoms with van der Waals surface area (Å²) < 4.78 is 111. The first-order valence-electron chi connectivity index (χ1n) is 41.5. The standard InChI is InChI=1S/C28H37N6O6P.C23H37N6O5P.C23H40N3O6P.3CH4O/c1-16(2)34(17(3)4)41(7)40-22-12-23(39-18(22)5)31-13-29-24-25(31)30-19(6)32(28(24)37)14-38-15-33-26(35)20-10-8-9-11-21(20)27(33)36;1-12(2)29(13(3)4)35(9)34-17-10-18(32-15(17)6)27-11-24-19-20(27)25-23-26(8)14(5)22(33-16(7)30)28(23)21(19)31;1-14(2)26(15(3)4)33(10)32-18-11-19(31-17(18)6)24-12-16(5)20(27)25(22(24)29)13-30-21(28)23(7,8)9;3*1-2/h8-11,13,16-18,22-23H,12,14-15H2,1-7H3;11-15,17-18,22H,10H2,1-9H3;12,14-15,17-19H,11,13H2,1-10H3;3*2H,1H3/t18-,22-,23-,41?;14?,15-,17-,18-,22?,35?;17-,18-,19-,33?;;;/m111.../s1/i5D;2*6D;3*2T. The Morgan fingerprint density at radius 1 is 0.617 bits per heavy atom. The Morgan fingerprint density at radius 3 is 1.41 bits per heavy atom. The molecule has 6 aromatic rings. The van der Waals surface area contributed by atoms with Crippen molar-refractivity contribution in [3.05, 3.63) is 107 Å². The number of hydrogen-bond donors (Lipinski definition) is 3. The van der Waals surface area contributed by atoms with Crippen molar-refractivity contribution in [2.75, 3.05) is 60.0 Å².